The van der Waals surface area contributed by atoms with Crippen molar-refractivity contribution in [1.29, 1.82) is 0 Å². The molecular weight excluding hydrogens is 304 g/mol. The van der Waals surface area contributed by atoms with Crippen molar-refractivity contribution >= 4 is 11.9 Å². The lowest BCUT2D eigenvalue weighted by atomic mass is 10.0. The highest BCUT2D eigenvalue weighted by atomic mass is 16.6. The number of carbonyl (C=O) groups is 2. The molecule has 0 aromatic heterocycles. The SMILES string of the molecule is CCCCCCCCCCCCCCCCCCOC(=O)C(=O)[O-]. The van der Waals surface area contributed by atoms with Gasteiger partial charge in [0.2, 0.25) is 0 Å². The van der Waals surface area contributed by atoms with Gasteiger partial charge in [-0.1, -0.05) is 103 Å². The number of carbonyl (C=O) groups excluding carboxylic acids is 2. The van der Waals surface area contributed by atoms with Crippen LogP contribution in [0.15, 0.2) is 0 Å². The zero-order chi connectivity index (χ0) is 17.9. The Hall–Kier alpha value is -1.06. The van der Waals surface area contributed by atoms with Crippen LogP contribution in [0.1, 0.15) is 110 Å². The first-order valence-electron chi connectivity index (χ1n) is 10.1. The van der Waals surface area contributed by atoms with Gasteiger partial charge in [0.15, 0.2) is 5.97 Å². The lowest BCUT2D eigenvalue weighted by molar-refractivity contribution is -0.303. The van der Waals surface area contributed by atoms with Gasteiger partial charge in [-0.05, 0) is 6.42 Å². The first kappa shape index (κ1) is 22.9. The molecule has 0 aromatic rings. The summed E-state index contributed by atoms with van der Waals surface area (Å²) in [6.07, 6.45) is 20.5. The molecule has 24 heavy (non-hydrogen) atoms. The summed E-state index contributed by atoms with van der Waals surface area (Å²) in [7, 11) is 0. The van der Waals surface area contributed by atoms with E-state index in [0.29, 0.717) is 0 Å². The van der Waals surface area contributed by atoms with E-state index in [2.05, 4.69) is 11.7 Å². The molecule has 142 valence electrons. The maximum Gasteiger partial charge on any atom is 0.354 e. The number of unbranched alkanes of at least 4 members (excludes halogenated alkanes) is 15. The topological polar surface area (TPSA) is 66.4 Å². The monoisotopic (exact) mass is 341 g/mol. The van der Waals surface area contributed by atoms with Gasteiger partial charge in [0.25, 0.3) is 0 Å². The second kappa shape index (κ2) is 18.3. The summed E-state index contributed by atoms with van der Waals surface area (Å²) in [6, 6.07) is 0. The van der Waals surface area contributed by atoms with Gasteiger partial charge in [-0.25, -0.2) is 4.79 Å². The molecular formula is C20H37O4-. The van der Waals surface area contributed by atoms with Crippen molar-refractivity contribution < 1.29 is 19.4 Å². The van der Waals surface area contributed by atoms with Crippen LogP contribution in [-0.2, 0) is 14.3 Å². The quantitative estimate of drug-likeness (QED) is 0.221. The molecule has 0 atom stereocenters. The van der Waals surface area contributed by atoms with E-state index < -0.39 is 11.9 Å². The number of hydrogen-bond donors (Lipinski definition) is 0. The number of carboxylic acid groups (broad SMARTS) is 1. The second-order valence-electron chi connectivity index (χ2n) is 6.73. The first-order valence-corrected chi connectivity index (χ1v) is 10.1. The van der Waals surface area contributed by atoms with E-state index >= 15 is 0 Å². The van der Waals surface area contributed by atoms with Crippen LogP contribution in [0.3, 0.4) is 0 Å². The highest BCUT2D eigenvalue weighted by Crippen LogP contribution is 2.13. The average Bonchev–Trinajstić information content (AvgIpc) is 2.57. The molecule has 0 heterocycles. The standard InChI is InChI=1S/C20H38O4/c1-2-3-4-5-6-7-8-9-10-11-12-13-14-15-16-17-18-24-20(23)19(21)22/h2-18H2,1H3,(H,21,22)/p-1. The molecule has 0 rings (SSSR count). The number of carboxylic acids is 1. The van der Waals surface area contributed by atoms with Crippen LogP contribution in [-0.4, -0.2) is 18.5 Å². The van der Waals surface area contributed by atoms with Gasteiger partial charge in [0, 0.05) is 0 Å². The Labute approximate surface area is 148 Å². The van der Waals surface area contributed by atoms with E-state index in [1.807, 2.05) is 0 Å². The third-order valence-corrected chi connectivity index (χ3v) is 4.40. The van der Waals surface area contributed by atoms with Crippen LogP contribution in [0.25, 0.3) is 0 Å². The molecule has 0 aromatic carbocycles. The number of ether oxygens (including phenoxy) is 1. The van der Waals surface area contributed by atoms with Crippen molar-refractivity contribution in [3.8, 4) is 0 Å². The molecule has 4 nitrogen and oxygen atoms in total. The smallest absolute Gasteiger partial charge is 0.354 e. The fourth-order valence-corrected chi connectivity index (χ4v) is 2.87. The van der Waals surface area contributed by atoms with Crippen LogP contribution in [0, 0.1) is 0 Å². The van der Waals surface area contributed by atoms with Crippen molar-refractivity contribution in [3.05, 3.63) is 0 Å². The third-order valence-electron chi connectivity index (χ3n) is 4.40. The maximum absolute atomic E-state index is 10.6. The van der Waals surface area contributed by atoms with E-state index in [1.54, 1.807) is 0 Å². The highest BCUT2D eigenvalue weighted by molar-refractivity contribution is 6.27. The summed E-state index contributed by atoms with van der Waals surface area (Å²) in [5.41, 5.74) is 0. The highest BCUT2D eigenvalue weighted by Gasteiger charge is 2.02. The van der Waals surface area contributed by atoms with E-state index in [1.165, 1.54) is 83.5 Å². The minimum absolute atomic E-state index is 0.186. The van der Waals surface area contributed by atoms with Crippen molar-refractivity contribution in [2.75, 3.05) is 6.61 Å². The number of hydrogen-bond acceptors (Lipinski definition) is 4. The predicted octanol–water partition coefficient (Wildman–Crippen LogP) is 4.54. The Morgan fingerprint density at radius 3 is 1.29 bits per heavy atom. The third kappa shape index (κ3) is 17.3. The van der Waals surface area contributed by atoms with E-state index in [4.69, 9.17) is 0 Å². The van der Waals surface area contributed by atoms with Crippen molar-refractivity contribution in [1.82, 2.24) is 0 Å². The fraction of sp³-hybridized carbons (Fsp3) is 0.900. The molecule has 0 spiro atoms. The molecule has 0 saturated heterocycles. The molecule has 0 fully saturated rings. The van der Waals surface area contributed by atoms with Gasteiger partial charge < -0.3 is 14.6 Å². The van der Waals surface area contributed by atoms with E-state index in [9.17, 15) is 14.7 Å². The predicted molar refractivity (Wildman–Crippen MR) is 95.5 cm³/mol. The molecule has 0 bridgehead atoms. The number of aliphatic carboxylic acids is 1. The first-order chi connectivity index (χ1) is 11.7. The Morgan fingerprint density at radius 2 is 0.958 bits per heavy atom. The summed E-state index contributed by atoms with van der Waals surface area (Å²) in [5.74, 6) is -3.01. The summed E-state index contributed by atoms with van der Waals surface area (Å²) < 4.78 is 4.52. The van der Waals surface area contributed by atoms with Gasteiger partial charge in [0.05, 0.1) is 6.61 Å². The summed E-state index contributed by atoms with van der Waals surface area (Å²) >= 11 is 0. The Bertz CT molecular complexity index is 302. The number of esters is 1. The normalized spacial score (nSPS) is 10.7. The van der Waals surface area contributed by atoms with Crippen LogP contribution in [0.5, 0.6) is 0 Å². The lowest BCUT2D eigenvalue weighted by Gasteiger charge is -2.05. The van der Waals surface area contributed by atoms with Gasteiger partial charge in [0.1, 0.15) is 0 Å². The molecule has 0 aliphatic rings. The van der Waals surface area contributed by atoms with Gasteiger partial charge in [-0.3, -0.25) is 0 Å². The summed E-state index contributed by atoms with van der Waals surface area (Å²) in [6.45, 7) is 2.45. The van der Waals surface area contributed by atoms with Crippen LogP contribution < -0.4 is 5.11 Å². The van der Waals surface area contributed by atoms with Crippen LogP contribution in [0.2, 0.25) is 0 Å². The average molecular weight is 342 g/mol. The minimum atomic E-state index is -1.76. The maximum atomic E-state index is 10.6. The summed E-state index contributed by atoms with van der Waals surface area (Å²) in [5, 5.41) is 10.1. The van der Waals surface area contributed by atoms with Gasteiger partial charge in [-0.2, -0.15) is 0 Å². The lowest BCUT2D eigenvalue weighted by Crippen LogP contribution is -2.33. The zero-order valence-corrected chi connectivity index (χ0v) is 15.7. The van der Waals surface area contributed by atoms with Gasteiger partial charge in [-0.15, -0.1) is 0 Å². The second-order valence-corrected chi connectivity index (χ2v) is 6.73. The Morgan fingerprint density at radius 1 is 0.625 bits per heavy atom. The number of rotatable bonds is 17. The molecule has 0 radical (unpaired) electrons. The molecule has 0 amide bonds. The molecule has 4 heteroatoms. The fourth-order valence-electron chi connectivity index (χ4n) is 2.87. The summed E-state index contributed by atoms with van der Waals surface area (Å²) in [4.78, 5) is 20.7. The van der Waals surface area contributed by atoms with E-state index in [-0.39, 0.29) is 6.61 Å². The van der Waals surface area contributed by atoms with Crippen molar-refractivity contribution in [2.45, 2.75) is 110 Å². The van der Waals surface area contributed by atoms with Crippen molar-refractivity contribution in [2.24, 2.45) is 0 Å². The largest absolute Gasteiger partial charge is 0.539 e. The Kier molecular flexibility index (Phi) is 17.5. The zero-order valence-electron chi connectivity index (χ0n) is 15.7. The Balaban J connectivity index is 3.05. The molecule has 0 unspecified atom stereocenters. The molecule has 0 aliphatic carbocycles. The van der Waals surface area contributed by atoms with Crippen molar-refractivity contribution in [3.63, 3.8) is 0 Å². The minimum Gasteiger partial charge on any atom is -0.539 e. The van der Waals surface area contributed by atoms with Crippen LogP contribution in [0.4, 0.5) is 0 Å². The van der Waals surface area contributed by atoms with Gasteiger partial charge >= 0.3 is 5.97 Å². The van der Waals surface area contributed by atoms with E-state index in [0.717, 1.165) is 19.3 Å². The molecule has 0 aliphatic heterocycles. The van der Waals surface area contributed by atoms with Crippen LogP contribution >= 0.6 is 0 Å². The molecule has 0 saturated carbocycles. The molecule has 0 N–H and O–H groups in total.